The summed E-state index contributed by atoms with van der Waals surface area (Å²) in [6, 6.07) is 0. The first-order chi connectivity index (χ1) is 9.09. The number of aromatic nitrogens is 3. The van der Waals surface area contributed by atoms with Crippen LogP contribution in [0.2, 0.25) is 0 Å². The summed E-state index contributed by atoms with van der Waals surface area (Å²) in [7, 11) is 0. The van der Waals surface area contributed by atoms with Crippen LogP contribution in [0.15, 0.2) is 6.33 Å². The van der Waals surface area contributed by atoms with Crippen molar-refractivity contribution in [2.75, 3.05) is 6.54 Å². The van der Waals surface area contributed by atoms with Gasteiger partial charge in [0.2, 0.25) is 0 Å². The van der Waals surface area contributed by atoms with Crippen LogP contribution in [0.1, 0.15) is 51.8 Å². The number of rotatable bonds is 6. The summed E-state index contributed by atoms with van der Waals surface area (Å²) in [5.74, 6) is 1.51. The molecule has 2 N–H and O–H groups in total. The number of nitrogens with zero attached hydrogens (tertiary/aromatic N) is 3. The maximum absolute atomic E-state index is 10.4. The molecule has 0 unspecified atom stereocenters. The van der Waals surface area contributed by atoms with Crippen molar-refractivity contribution in [2.45, 2.75) is 64.6 Å². The van der Waals surface area contributed by atoms with Gasteiger partial charge in [0.05, 0.1) is 12.1 Å². The number of aliphatic hydroxyl groups is 1. The fraction of sp³-hybridized carbons (Fsp3) is 0.857. The highest BCUT2D eigenvalue weighted by Crippen LogP contribution is 2.27. The zero-order valence-corrected chi connectivity index (χ0v) is 12.1. The lowest BCUT2D eigenvalue weighted by Crippen LogP contribution is -2.42. The van der Waals surface area contributed by atoms with Crippen LogP contribution >= 0.6 is 0 Å². The lowest BCUT2D eigenvalue weighted by molar-refractivity contribution is 0.00448. The van der Waals surface area contributed by atoms with Gasteiger partial charge in [0, 0.05) is 13.1 Å². The zero-order valence-electron chi connectivity index (χ0n) is 12.1. The topological polar surface area (TPSA) is 63.0 Å². The van der Waals surface area contributed by atoms with Gasteiger partial charge < -0.3 is 10.4 Å². The van der Waals surface area contributed by atoms with E-state index < -0.39 is 5.60 Å². The van der Waals surface area contributed by atoms with Crippen LogP contribution in [0.25, 0.3) is 0 Å². The summed E-state index contributed by atoms with van der Waals surface area (Å²) in [5.41, 5.74) is -0.513. The molecule has 108 valence electrons. The highest BCUT2D eigenvalue weighted by molar-refractivity contribution is 4.88. The summed E-state index contributed by atoms with van der Waals surface area (Å²) in [6.07, 6.45) is 6.97. The molecule has 1 aromatic rings. The summed E-state index contributed by atoms with van der Waals surface area (Å²) in [4.78, 5) is 4.28. The molecular weight excluding hydrogens is 240 g/mol. The van der Waals surface area contributed by atoms with Crippen molar-refractivity contribution in [1.82, 2.24) is 20.1 Å². The van der Waals surface area contributed by atoms with E-state index in [9.17, 15) is 5.11 Å². The highest BCUT2D eigenvalue weighted by Gasteiger charge is 2.28. The number of hydrogen-bond acceptors (Lipinski definition) is 4. The first kappa shape index (κ1) is 14.5. The molecule has 0 bridgehead atoms. The third-order valence-electron chi connectivity index (χ3n) is 3.76. The van der Waals surface area contributed by atoms with Crippen LogP contribution in [0.5, 0.6) is 0 Å². The SMILES string of the molecule is CC(C)Cn1ncnc1CNCC1(O)CCCCC1. The molecule has 0 amide bonds. The molecule has 0 spiro atoms. The van der Waals surface area contributed by atoms with Gasteiger partial charge in [0.15, 0.2) is 0 Å². The lowest BCUT2D eigenvalue weighted by atomic mass is 9.85. The van der Waals surface area contributed by atoms with Gasteiger partial charge >= 0.3 is 0 Å². The maximum Gasteiger partial charge on any atom is 0.140 e. The molecule has 0 aliphatic heterocycles. The van der Waals surface area contributed by atoms with Crippen LogP contribution in [0.3, 0.4) is 0 Å². The Balaban J connectivity index is 1.80. The van der Waals surface area contributed by atoms with Gasteiger partial charge in [-0.15, -0.1) is 0 Å². The molecule has 1 heterocycles. The Kier molecular flexibility index (Phi) is 4.93. The van der Waals surface area contributed by atoms with E-state index >= 15 is 0 Å². The zero-order chi connectivity index (χ0) is 13.7. The smallest absolute Gasteiger partial charge is 0.140 e. The Morgan fingerprint density at radius 3 is 2.79 bits per heavy atom. The Morgan fingerprint density at radius 2 is 2.11 bits per heavy atom. The predicted octanol–water partition coefficient (Wildman–Crippen LogP) is 1.72. The van der Waals surface area contributed by atoms with Gasteiger partial charge in [-0.2, -0.15) is 5.10 Å². The van der Waals surface area contributed by atoms with Crippen molar-refractivity contribution in [1.29, 1.82) is 0 Å². The van der Waals surface area contributed by atoms with Crippen molar-refractivity contribution in [3.05, 3.63) is 12.2 Å². The molecule has 5 heteroatoms. The minimum atomic E-state index is -0.513. The molecule has 5 nitrogen and oxygen atoms in total. The number of hydrogen-bond donors (Lipinski definition) is 2. The van der Waals surface area contributed by atoms with E-state index in [4.69, 9.17) is 0 Å². The Hall–Kier alpha value is -0.940. The third kappa shape index (κ3) is 4.28. The molecule has 1 saturated carbocycles. The Bertz CT molecular complexity index is 383. The summed E-state index contributed by atoms with van der Waals surface area (Å²) < 4.78 is 1.95. The van der Waals surface area contributed by atoms with Crippen molar-refractivity contribution < 1.29 is 5.11 Å². The molecule has 1 aliphatic rings. The second kappa shape index (κ2) is 6.48. The van der Waals surface area contributed by atoms with Crippen molar-refractivity contribution in [3.63, 3.8) is 0 Å². The third-order valence-corrected chi connectivity index (χ3v) is 3.76. The van der Waals surface area contributed by atoms with E-state index in [0.29, 0.717) is 19.0 Å². The monoisotopic (exact) mass is 266 g/mol. The lowest BCUT2D eigenvalue weighted by Gasteiger charge is -2.32. The maximum atomic E-state index is 10.4. The van der Waals surface area contributed by atoms with Crippen LogP contribution in [0.4, 0.5) is 0 Å². The second-order valence-corrected chi connectivity index (χ2v) is 6.14. The van der Waals surface area contributed by atoms with Gasteiger partial charge in [0.25, 0.3) is 0 Å². The molecule has 1 aromatic heterocycles. The molecular formula is C14H26N4O. The largest absolute Gasteiger partial charge is 0.389 e. The van der Waals surface area contributed by atoms with Gasteiger partial charge in [0.1, 0.15) is 12.2 Å². The fourth-order valence-electron chi connectivity index (χ4n) is 2.72. The average Bonchev–Trinajstić information content (AvgIpc) is 2.76. The first-order valence-electron chi connectivity index (χ1n) is 7.39. The van der Waals surface area contributed by atoms with Gasteiger partial charge in [-0.05, 0) is 18.8 Å². The van der Waals surface area contributed by atoms with E-state index in [0.717, 1.165) is 38.1 Å². The van der Waals surface area contributed by atoms with E-state index in [-0.39, 0.29) is 0 Å². The molecule has 0 saturated heterocycles. The standard InChI is InChI=1S/C14H26N4O/c1-12(2)9-18-13(16-11-17-18)8-15-10-14(19)6-4-3-5-7-14/h11-12,15,19H,3-10H2,1-2H3. The van der Waals surface area contributed by atoms with Gasteiger partial charge in [-0.25, -0.2) is 9.67 Å². The minimum absolute atomic E-state index is 0.513. The molecule has 0 radical (unpaired) electrons. The van der Waals surface area contributed by atoms with Crippen LogP contribution in [-0.2, 0) is 13.1 Å². The van der Waals surface area contributed by atoms with Crippen LogP contribution in [0, 0.1) is 5.92 Å². The molecule has 1 aliphatic carbocycles. The van der Waals surface area contributed by atoms with Crippen LogP contribution < -0.4 is 5.32 Å². The summed E-state index contributed by atoms with van der Waals surface area (Å²) in [6.45, 7) is 6.56. The van der Waals surface area contributed by atoms with E-state index in [1.165, 1.54) is 6.42 Å². The molecule has 0 aromatic carbocycles. The van der Waals surface area contributed by atoms with Crippen molar-refractivity contribution in [3.8, 4) is 0 Å². The summed E-state index contributed by atoms with van der Waals surface area (Å²) in [5, 5.41) is 18.0. The van der Waals surface area contributed by atoms with Gasteiger partial charge in [-0.1, -0.05) is 33.1 Å². The first-order valence-corrected chi connectivity index (χ1v) is 7.39. The fourth-order valence-corrected chi connectivity index (χ4v) is 2.72. The minimum Gasteiger partial charge on any atom is -0.389 e. The quantitative estimate of drug-likeness (QED) is 0.823. The molecule has 0 atom stereocenters. The Labute approximate surface area is 115 Å². The predicted molar refractivity (Wildman–Crippen MR) is 74.6 cm³/mol. The molecule has 1 fully saturated rings. The highest BCUT2D eigenvalue weighted by atomic mass is 16.3. The van der Waals surface area contributed by atoms with E-state index in [2.05, 4.69) is 29.2 Å². The van der Waals surface area contributed by atoms with E-state index in [1.807, 2.05) is 4.68 Å². The Morgan fingerprint density at radius 1 is 1.37 bits per heavy atom. The van der Waals surface area contributed by atoms with Gasteiger partial charge in [-0.3, -0.25) is 0 Å². The summed E-state index contributed by atoms with van der Waals surface area (Å²) >= 11 is 0. The second-order valence-electron chi connectivity index (χ2n) is 6.14. The van der Waals surface area contributed by atoms with E-state index in [1.54, 1.807) is 6.33 Å². The number of nitrogens with one attached hydrogen (secondary N) is 1. The van der Waals surface area contributed by atoms with Crippen molar-refractivity contribution in [2.24, 2.45) is 5.92 Å². The normalized spacial score (nSPS) is 18.9. The van der Waals surface area contributed by atoms with Crippen molar-refractivity contribution >= 4 is 0 Å². The molecule has 19 heavy (non-hydrogen) atoms. The van der Waals surface area contributed by atoms with Crippen LogP contribution in [-0.4, -0.2) is 32.0 Å². The average molecular weight is 266 g/mol. The molecule has 2 rings (SSSR count).